The van der Waals surface area contributed by atoms with Gasteiger partial charge in [-0.2, -0.15) is 28.4 Å². The number of nitrogens with two attached hydrogens (primary N) is 1. The standard InChI is InChI=1S/C30H25F6N7O2S/c1-13(44)43-10-29(33,11-43)12-45-28-40-24-17(27(41-28)42-8-14-2-3-15(9-42)39-14)6-19(30(34,35)36)22(23(24)32)16-4-5-20(31)25-21(16)18(7-37)26(38)46-25/h4-6,14-15,39H,2-3,8-12,38H2,1H3. The Hall–Kier alpha value is -4.36. The Morgan fingerprint density at radius 1 is 1.22 bits per heavy atom. The summed E-state index contributed by atoms with van der Waals surface area (Å²) in [5.41, 5.74) is 0.457. The summed E-state index contributed by atoms with van der Waals surface area (Å²) in [5, 5.41) is 12.5. The van der Waals surface area contributed by atoms with E-state index in [-0.39, 0.29) is 62.9 Å². The lowest BCUT2D eigenvalue weighted by Gasteiger charge is -2.43. The molecule has 2 unspecified atom stereocenters. The van der Waals surface area contributed by atoms with Gasteiger partial charge in [-0.05, 0) is 30.5 Å². The normalized spacial score (nSPS) is 20.7. The number of alkyl halides is 4. The van der Waals surface area contributed by atoms with Crippen molar-refractivity contribution in [2.45, 2.75) is 43.7 Å². The second-order valence-corrected chi connectivity index (χ2v) is 13.0. The molecule has 3 aliphatic heterocycles. The van der Waals surface area contributed by atoms with Gasteiger partial charge in [-0.25, -0.2) is 13.2 Å². The highest BCUT2D eigenvalue weighted by Crippen LogP contribution is 2.48. The smallest absolute Gasteiger partial charge is 0.417 e. The van der Waals surface area contributed by atoms with Crippen LogP contribution in [0.3, 0.4) is 0 Å². The number of nitrogens with zero attached hydrogens (tertiary/aromatic N) is 5. The summed E-state index contributed by atoms with van der Waals surface area (Å²) < 4.78 is 96.6. The molecule has 0 spiro atoms. The van der Waals surface area contributed by atoms with Crippen LogP contribution in [0.2, 0.25) is 0 Å². The summed E-state index contributed by atoms with van der Waals surface area (Å²) in [6.07, 6.45) is -3.42. The van der Waals surface area contributed by atoms with E-state index in [9.17, 15) is 27.6 Å². The highest BCUT2D eigenvalue weighted by molar-refractivity contribution is 7.23. The molecule has 3 aliphatic rings. The summed E-state index contributed by atoms with van der Waals surface area (Å²) in [6, 6.07) is 4.01. The molecule has 0 aliphatic carbocycles. The molecule has 0 saturated carbocycles. The molecule has 0 radical (unpaired) electrons. The predicted octanol–water partition coefficient (Wildman–Crippen LogP) is 5.15. The molecule has 240 valence electrons. The predicted molar refractivity (Wildman–Crippen MR) is 158 cm³/mol. The van der Waals surface area contributed by atoms with Crippen molar-refractivity contribution in [3.05, 3.63) is 41.0 Å². The fourth-order valence-corrected chi connectivity index (χ4v) is 7.56. The van der Waals surface area contributed by atoms with E-state index in [2.05, 4.69) is 15.3 Å². The van der Waals surface area contributed by atoms with Gasteiger partial charge in [0.15, 0.2) is 11.5 Å². The van der Waals surface area contributed by atoms with E-state index >= 15 is 8.78 Å². The van der Waals surface area contributed by atoms with Gasteiger partial charge in [-0.1, -0.05) is 6.07 Å². The average Bonchev–Trinajstić information content (AvgIpc) is 3.51. The molecule has 2 aromatic carbocycles. The molecule has 3 fully saturated rings. The van der Waals surface area contributed by atoms with Crippen LogP contribution in [0.5, 0.6) is 6.01 Å². The van der Waals surface area contributed by atoms with Crippen LogP contribution in [0.25, 0.3) is 32.1 Å². The minimum absolute atomic E-state index is 0.0111. The first-order chi connectivity index (χ1) is 21.8. The number of benzene rings is 2. The van der Waals surface area contributed by atoms with Crippen LogP contribution >= 0.6 is 11.3 Å². The zero-order chi connectivity index (χ0) is 32.7. The first-order valence-electron chi connectivity index (χ1n) is 14.4. The van der Waals surface area contributed by atoms with Crippen molar-refractivity contribution in [3.8, 4) is 23.2 Å². The fraction of sp³-hybridized carbons (Fsp3) is 0.400. The van der Waals surface area contributed by atoms with E-state index in [0.29, 0.717) is 24.4 Å². The Kier molecular flexibility index (Phi) is 6.98. The van der Waals surface area contributed by atoms with Crippen molar-refractivity contribution in [1.29, 1.82) is 5.26 Å². The van der Waals surface area contributed by atoms with Crippen LogP contribution in [0.4, 0.5) is 37.2 Å². The van der Waals surface area contributed by atoms with E-state index in [0.717, 1.165) is 31.0 Å². The lowest BCUT2D eigenvalue weighted by molar-refractivity contribution is -0.145. The average molecular weight is 662 g/mol. The fourth-order valence-electron chi connectivity index (χ4n) is 6.61. The molecule has 7 rings (SSSR count). The first kappa shape index (κ1) is 30.3. The van der Waals surface area contributed by atoms with Crippen LogP contribution in [-0.2, 0) is 11.0 Å². The Balaban J connectivity index is 1.44. The van der Waals surface area contributed by atoms with Gasteiger partial charge in [-0.15, -0.1) is 11.3 Å². The first-order valence-corrected chi connectivity index (χ1v) is 15.2. The van der Waals surface area contributed by atoms with Crippen LogP contribution < -0.4 is 20.7 Å². The van der Waals surface area contributed by atoms with Crippen molar-refractivity contribution >= 4 is 49.1 Å². The maximum atomic E-state index is 16.8. The molecule has 16 heteroatoms. The van der Waals surface area contributed by atoms with Gasteiger partial charge in [-0.3, -0.25) is 4.79 Å². The summed E-state index contributed by atoms with van der Waals surface area (Å²) in [5.74, 6) is -2.56. The van der Waals surface area contributed by atoms with Gasteiger partial charge < -0.3 is 25.6 Å². The van der Waals surface area contributed by atoms with Crippen LogP contribution in [0.15, 0.2) is 18.2 Å². The lowest BCUT2D eigenvalue weighted by atomic mass is 9.92. The molecule has 3 saturated heterocycles. The van der Waals surface area contributed by atoms with Crippen LogP contribution in [-0.4, -0.2) is 71.3 Å². The maximum Gasteiger partial charge on any atom is 0.417 e. The number of rotatable bonds is 5. The molecule has 46 heavy (non-hydrogen) atoms. The van der Waals surface area contributed by atoms with E-state index in [1.54, 1.807) is 11.0 Å². The topological polar surface area (TPSA) is 120 Å². The summed E-state index contributed by atoms with van der Waals surface area (Å²) in [7, 11) is 0. The highest BCUT2D eigenvalue weighted by atomic mass is 32.1. The molecule has 3 N–H and O–H groups in total. The van der Waals surface area contributed by atoms with E-state index < -0.39 is 58.3 Å². The quantitative estimate of drug-likeness (QED) is 0.282. The molecular formula is C30H25F6N7O2S. The van der Waals surface area contributed by atoms with E-state index in [1.807, 2.05) is 0 Å². The number of carbonyl (C=O) groups excluding carboxylic acids is 1. The van der Waals surface area contributed by atoms with Gasteiger partial charge in [0.2, 0.25) is 5.91 Å². The molecule has 4 aromatic rings. The van der Waals surface area contributed by atoms with Gasteiger partial charge in [0.25, 0.3) is 0 Å². The monoisotopic (exact) mass is 661 g/mol. The molecule has 1 amide bonds. The third-order valence-corrected chi connectivity index (χ3v) is 9.79. The number of amides is 1. The lowest BCUT2D eigenvalue weighted by Crippen LogP contribution is -2.63. The Morgan fingerprint density at radius 3 is 2.54 bits per heavy atom. The Morgan fingerprint density at radius 2 is 1.91 bits per heavy atom. The number of anilines is 2. The van der Waals surface area contributed by atoms with Crippen molar-refractivity contribution < 1.29 is 35.9 Å². The number of likely N-dealkylation sites (tertiary alicyclic amines) is 1. The number of piperazine rings is 1. The van der Waals surface area contributed by atoms with Crippen molar-refractivity contribution in [1.82, 2.24) is 20.2 Å². The largest absolute Gasteiger partial charge is 0.460 e. The third-order valence-electron chi connectivity index (χ3n) is 8.76. The summed E-state index contributed by atoms with van der Waals surface area (Å²) in [6.45, 7) is 0.986. The van der Waals surface area contributed by atoms with Gasteiger partial charge in [0.1, 0.15) is 34.8 Å². The second-order valence-electron chi connectivity index (χ2n) is 11.9. The number of nitrogen functional groups attached to an aromatic ring is 1. The van der Waals surface area contributed by atoms with E-state index in [4.69, 9.17) is 10.5 Å². The Bertz CT molecular complexity index is 1960. The van der Waals surface area contributed by atoms with Crippen molar-refractivity contribution in [3.63, 3.8) is 0 Å². The second kappa shape index (κ2) is 10.6. The van der Waals surface area contributed by atoms with Crippen LogP contribution in [0, 0.1) is 23.0 Å². The van der Waals surface area contributed by atoms with Gasteiger partial charge >= 0.3 is 12.2 Å². The molecule has 9 nitrogen and oxygen atoms in total. The minimum atomic E-state index is -5.10. The van der Waals surface area contributed by atoms with E-state index in [1.165, 1.54) is 11.8 Å². The number of nitriles is 1. The number of aromatic nitrogens is 2. The van der Waals surface area contributed by atoms with Gasteiger partial charge in [0, 0.05) is 48.4 Å². The minimum Gasteiger partial charge on any atom is -0.460 e. The number of hydrogen-bond donors (Lipinski definition) is 2. The zero-order valence-corrected chi connectivity index (χ0v) is 25.0. The van der Waals surface area contributed by atoms with Crippen molar-refractivity contribution in [2.75, 3.05) is 43.4 Å². The zero-order valence-electron chi connectivity index (χ0n) is 24.1. The highest BCUT2D eigenvalue weighted by Gasteiger charge is 2.46. The van der Waals surface area contributed by atoms with Crippen molar-refractivity contribution in [2.24, 2.45) is 0 Å². The number of carbonyl (C=O) groups is 1. The molecule has 5 heterocycles. The number of halogens is 6. The molecular weight excluding hydrogens is 636 g/mol. The number of nitrogens with one attached hydrogen (secondary N) is 1. The SMILES string of the molecule is CC(=O)N1CC(F)(COc2nc(N3CC4CCC(C3)N4)c3cc(C(F)(F)F)c(-c4ccc(F)c5sc(N)c(C#N)c45)c(F)c3n2)C1. The van der Waals surface area contributed by atoms with Crippen LogP contribution in [0.1, 0.15) is 30.9 Å². The maximum absolute atomic E-state index is 16.8. The summed E-state index contributed by atoms with van der Waals surface area (Å²) >= 11 is 0.668. The number of thiophene rings is 1. The van der Waals surface area contributed by atoms with Gasteiger partial charge in [0.05, 0.1) is 28.9 Å². The number of ether oxygens (including phenoxy) is 1. The molecule has 2 bridgehead atoms. The molecule has 2 aromatic heterocycles. The number of hydrogen-bond acceptors (Lipinski definition) is 9. The molecule has 2 atom stereocenters. The Labute approximate surface area is 261 Å². The third kappa shape index (κ3) is 4.92. The summed E-state index contributed by atoms with van der Waals surface area (Å²) in [4.78, 5) is 23.1. The number of fused-ring (bicyclic) bond motifs is 4.